The van der Waals surface area contributed by atoms with Gasteiger partial charge in [-0.2, -0.15) is 0 Å². The zero-order valence-electron chi connectivity index (χ0n) is 11.6. The molecule has 0 fully saturated rings. The van der Waals surface area contributed by atoms with E-state index in [1.807, 2.05) is 31.2 Å². The summed E-state index contributed by atoms with van der Waals surface area (Å²) in [6, 6.07) is 13.4. The molecule has 0 saturated heterocycles. The zero-order chi connectivity index (χ0) is 15.1. The largest absolute Gasteiger partial charge is 0.490 e. The van der Waals surface area contributed by atoms with Crippen molar-refractivity contribution in [3.05, 3.63) is 59.9 Å². The Morgan fingerprint density at radius 1 is 1.14 bits per heavy atom. The van der Waals surface area contributed by atoms with Gasteiger partial charge in [-0.05, 0) is 36.8 Å². The van der Waals surface area contributed by atoms with Gasteiger partial charge in [0.05, 0.1) is 5.69 Å². The lowest BCUT2D eigenvalue weighted by molar-refractivity contribution is 0.137. The van der Waals surface area contributed by atoms with Crippen LogP contribution in [0.2, 0.25) is 0 Å². The van der Waals surface area contributed by atoms with Gasteiger partial charge in [0.15, 0.2) is 0 Å². The van der Waals surface area contributed by atoms with E-state index < -0.39 is 11.9 Å². The molecule has 4 nitrogen and oxygen atoms in total. The third-order valence-electron chi connectivity index (χ3n) is 2.69. The Morgan fingerprint density at radius 2 is 1.95 bits per heavy atom. The van der Waals surface area contributed by atoms with Crippen LogP contribution in [0.4, 0.5) is 14.9 Å². The number of benzene rings is 2. The number of para-hydroxylation sites is 1. The van der Waals surface area contributed by atoms with Crippen molar-refractivity contribution in [3.8, 4) is 5.75 Å². The first kappa shape index (κ1) is 14.8. The van der Waals surface area contributed by atoms with E-state index in [0.29, 0.717) is 5.75 Å². The number of nitrogens with one attached hydrogen (secondary N) is 1. The number of anilines is 1. The SMILES string of the molecule is Cc1cccc(OCCOC(=O)Nc2ccccc2F)c1. The van der Waals surface area contributed by atoms with Gasteiger partial charge < -0.3 is 9.47 Å². The lowest BCUT2D eigenvalue weighted by Gasteiger charge is -2.09. The van der Waals surface area contributed by atoms with Gasteiger partial charge in [0.1, 0.15) is 24.8 Å². The van der Waals surface area contributed by atoms with Crippen molar-refractivity contribution >= 4 is 11.8 Å². The highest BCUT2D eigenvalue weighted by Gasteiger charge is 2.06. The number of carbonyl (C=O) groups is 1. The summed E-state index contributed by atoms with van der Waals surface area (Å²) in [6.07, 6.45) is -0.715. The van der Waals surface area contributed by atoms with E-state index >= 15 is 0 Å². The molecular formula is C16H16FNO3. The molecule has 0 radical (unpaired) electrons. The monoisotopic (exact) mass is 289 g/mol. The number of ether oxygens (including phenoxy) is 2. The topological polar surface area (TPSA) is 47.6 Å². The minimum atomic E-state index is -0.715. The predicted molar refractivity (Wildman–Crippen MR) is 78.0 cm³/mol. The molecule has 1 amide bonds. The van der Waals surface area contributed by atoms with Gasteiger partial charge in [0.2, 0.25) is 0 Å². The number of hydrogen-bond acceptors (Lipinski definition) is 3. The Hall–Kier alpha value is -2.56. The van der Waals surface area contributed by atoms with E-state index in [2.05, 4.69) is 5.32 Å². The maximum absolute atomic E-state index is 13.3. The Bertz CT molecular complexity index is 616. The van der Waals surface area contributed by atoms with Gasteiger partial charge in [0, 0.05) is 0 Å². The number of carbonyl (C=O) groups excluding carboxylic acids is 1. The third kappa shape index (κ3) is 4.80. The van der Waals surface area contributed by atoms with Crippen LogP contribution >= 0.6 is 0 Å². The van der Waals surface area contributed by atoms with Gasteiger partial charge in [-0.15, -0.1) is 0 Å². The summed E-state index contributed by atoms with van der Waals surface area (Å²) in [4.78, 5) is 11.5. The predicted octanol–water partition coefficient (Wildman–Crippen LogP) is 3.76. The van der Waals surface area contributed by atoms with Crippen LogP contribution in [-0.4, -0.2) is 19.3 Å². The van der Waals surface area contributed by atoms with Crippen molar-refractivity contribution in [2.75, 3.05) is 18.5 Å². The fourth-order valence-electron chi connectivity index (χ4n) is 1.71. The van der Waals surface area contributed by atoms with E-state index in [4.69, 9.17) is 9.47 Å². The molecule has 0 bridgehead atoms. The van der Waals surface area contributed by atoms with Crippen molar-refractivity contribution in [1.29, 1.82) is 0 Å². The molecular weight excluding hydrogens is 273 g/mol. The number of hydrogen-bond donors (Lipinski definition) is 1. The highest BCUT2D eigenvalue weighted by molar-refractivity contribution is 5.84. The number of aryl methyl sites for hydroxylation is 1. The number of amides is 1. The van der Waals surface area contributed by atoms with Crippen LogP contribution in [0.25, 0.3) is 0 Å². The summed E-state index contributed by atoms with van der Waals surface area (Å²) in [6.45, 7) is 2.27. The van der Waals surface area contributed by atoms with Crippen molar-refractivity contribution in [2.24, 2.45) is 0 Å². The quantitative estimate of drug-likeness (QED) is 0.852. The van der Waals surface area contributed by atoms with E-state index in [1.54, 1.807) is 12.1 Å². The summed E-state index contributed by atoms with van der Waals surface area (Å²) in [7, 11) is 0. The molecule has 1 N–H and O–H groups in total. The van der Waals surface area contributed by atoms with Crippen LogP contribution in [0.15, 0.2) is 48.5 Å². The summed E-state index contributed by atoms with van der Waals surface area (Å²) in [5.41, 5.74) is 1.17. The standard InChI is InChI=1S/C16H16FNO3/c1-12-5-4-6-13(11-12)20-9-10-21-16(19)18-15-8-3-2-7-14(15)17/h2-8,11H,9-10H2,1H3,(H,18,19). The van der Waals surface area contributed by atoms with Gasteiger partial charge in [0.25, 0.3) is 0 Å². The van der Waals surface area contributed by atoms with Crippen LogP contribution in [0, 0.1) is 12.7 Å². The minimum Gasteiger partial charge on any atom is -0.490 e. The molecule has 21 heavy (non-hydrogen) atoms. The zero-order valence-corrected chi connectivity index (χ0v) is 11.6. The molecule has 2 rings (SSSR count). The first-order valence-electron chi connectivity index (χ1n) is 6.53. The molecule has 0 atom stereocenters. The van der Waals surface area contributed by atoms with Gasteiger partial charge in [-0.25, -0.2) is 9.18 Å². The molecule has 0 spiro atoms. The highest BCUT2D eigenvalue weighted by Crippen LogP contribution is 2.13. The van der Waals surface area contributed by atoms with Crippen molar-refractivity contribution in [3.63, 3.8) is 0 Å². The molecule has 0 heterocycles. The molecule has 0 aliphatic heterocycles. The summed E-state index contributed by atoms with van der Waals surface area (Å²) < 4.78 is 23.6. The molecule has 0 unspecified atom stereocenters. The van der Waals surface area contributed by atoms with E-state index in [9.17, 15) is 9.18 Å². The Morgan fingerprint density at radius 3 is 2.71 bits per heavy atom. The number of rotatable bonds is 5. The van der Waals surface area contributed by atoms with E-state index in [-0.39, 0.29) is 18.9 Å². The maximum atomic E-state index is 13.3. The van der Waals surface area contributed by atoms with Crippen LogP contribution in [0.3, 0.4) is 0 Å². The second-order valence-corrected chi connectivity index (χ2v) is 4.41. The Labute approximate surface area is 122 Å². The Balaban J connectivity index is 1.71. The molecule has 0 aliphatic rings. The first-order valence-corrected chi connectivity index (χ1v) is 6.53. The Kier molecular flexibility index (Phi) is 5.15. The van der Waals surface area contributed by atoms with Crippen LogP contribution in [-0.2, 0) is 4.74 Å². The fourth-order valence-corrected chi connectivity index (χ4v) is 1.71. The smallest absolute Gasteiger partial charge is 0.411 e. The van der Waals surface area contributed by atoms with Crippen LogP contribution in [0.1, 0.15) is 5.56 Å². The first-order chi connectivity index (χ1) is 10.1. The second kappa shape index (κ2) is 7.28. The lowest BCUT2D eigenvalue weighted by atomic mass is 10.2. The molecule has 0 aliphatic carbocycles. The minimum absolute atomic E-state index is 0.0776. The fraction of sp³-hybridized carbons (Fsp3) is 0.188. The normalized spacial score (nSPS) is 10.0. The van der Waals surface area contributed by atoms with Gasteiger partial charge in [-0.3, -0.25) is 5.32 Å². The highest BCUT2D eigenvalue weighted by atomic mass is 19.1. The summed E-state index contributed by atoms with van der Waals surface area (Å²) >= 11 is 0. The second-order valence-electron chi connectivity index (χ2n) is 4.41. The molecule has 5 heteroatoms. The molecule has 0 aromatic heterocycles. The van der Waals surface area contributed by atoms with E-state index in [1.165, 1.54) is 12.1 Å². The van der Waals surface area contributed by atoms with Gasteiger partial charge in [-0.1, -0.05) is 24.3 Å². The average Bonchev–Trinajstić information content (AvgIpc) is 2.46. The molecule has 2 aromatic rings. The molecule has 0 saturated carbocycles. The summed E-state index contributed by atoms with van der Waals surface area (Å²) in [5, 5.41) is 2.33. The lowest BCUT2D eigenvalue weighted by Crippen LogP contribution is -2.18. The average molecular weight is 289 g/mol. The molecule has 2 aromatic carbocycles. The van der Waals surface area contributed by atoms with Crippen LogP contribution < -0.4 is 10.1 Å². The maximum Gasteiger partial charge on any atom is 0.411 e. The van der Waals surface area contributed by atoms with Crippen molar-refractivity contribution in [2.45, 2.75) is 6.92 Å². The van der Waals surface area contributed by atoms with Crippen LogP contribution in [0.5, 0.6) is 5.75 Å². The molecule has 110 valence electrons. The third-order valence-corrected chi connectivity index (χ3v) is 2.69. The van der Waals surface area contributed by atoms with Crippen molar-refractivity contribution < 1.29 is 18.7 Å². The van der Waals surface area contributed by atoms with Crippen molar-refractivity contribution in [1.82, 2.24) is 0 Å². The number of halogens is 1. The van der Waals surface area contributed by atoms with E-state index in [0.717, 1.165) is 5.56 Å². The van der Waals surface area contributed by atoms with Gasteiger partial charge >= 0.3 is 6.09 Å². The summed E-state index contributed by atoms with van der Waals surface area (Å²) in [5.74, 6) is 0.207.